The molecule has 2 bridgehead atoms. The Kier molecular flexibility index (Phi) is 5.55. The molecular formula is C26H32N2O5. The molecule has 0 aromatic heterocycles. The van der Waals surface area contributed by atoms with Gasteiger partial charge in [0.2, 0.25) is 5.91 Å². The summed E-state index contributed by atoms with van der Waals surface area (Å²) in [6, 6.07) is 6.18. The maximum atomic E-state index is 13.6. The molecule has 0 radical (unpaired) electrons. The van der Waals surface area contributed by atoms with E-state index in [2.05, 4.69) is 11.4 Å². The zero-order chi connectivity index (χ0) is 23.3. The second kappa shape index (κ2) is 8.28. The van der Waals surface area contributed by atoms with Gasteiger partial charge in [0.1, 0.15) is 11.5 Å². The maximum absolute atomic E-state index is 13.6. The molecular weight excluding hydrogens is 420 g/mol. The largest absolute Gasteiger partial charge is 0.452 e. The molecule has 2 saturated heterocycles. The molecule has 7 heteroatoms. The number of aryl methyl sites for hydroxylation is 2. The highest BCUT2D eigenvalue weighted by molar-refractivity contribution is 6.03. The summed E-state index contributed by atoms with van der Waals surface area (Å²) in [7, 11) is 0. The van der Waals surface area contributed by atoms with E-state index in [0.29, 0.717) is 13.0 Å². The van der Waals surface area contributed by atoms with Crippen LogP contribution in [0.25, 0.3) is 0 Å². The highest BCUT2D eigenvalue weighted by Gasteiger charge is 2.67. The van der Waals surface area contributed by atoms with Crippen molar-refractivity contribution < 1.29 is 23.9 Å². The third-order valence-corrected chi connectivity index (χ3v) is 7.51. The first-order chi connectivity index (χ1) is 15.8. The number of rotatable bonds is 6. The summed E-state index contributed by atoms with van der Waals surface area (Å²) in [5.41, 5.74) is 2.14. The normalized spacial score (nSPS) is 31.2. The van der Waals surface area contributed by atoms with Crippen LogP contribution in [-0.2, 0) is 23.9 Å². The van der Waals surface area contributed by atoms with Gasteiger partial charge in [0.05, 0.1) is 18.6 Å². The van der Waals surface area contributed by atoms with Crippen LogP contribution in [0.3, 0.4) is 0 Å². The quantitative estimate of drug-likeness (QED) is 0.530. The number of benzene rings is 1. The number of anilines is 1. The zero-order valence-corrected chi connectivity index (χ0v) is 19.5. The lowest BCUT2D eigenvalue weighted by Crippen LogP contribution is -2.45. The number of fused-ring (bicyclic) bond motifs is 1. The fraction of sp³-hybridized carbons (Fsp3) is 0.577. The molecule has 176 valence electrons. The molecule has 2 amide bonds. The number of carbonyl (C=O) groups is 3. The summed E-state index contributed by atoms with van der Waals surface area (Å²) in [4.78, 5) is 41.3. The molecule has 1 saturated carbocycles. The summed E-state index contributed by atoms with van der Waals surface area (Å²) in [5, 5.41) is 3.02. The Bertz CT molecular complexity index is 994. The molecule has 3 aliphatic heterocycles. The van der Waals surface area contributed by atoms with E-state index in [1.165, 1.54) is 0 Å². The van der Waals surface area contributed by atoms with Crippen molar-refractivity contribution in [2.75, 3.05) is 11.4 Å². The van der Waals surface area contributed by atoms with Gasteiger partial charge in [0, 0.05) is 11.7 Å². The Morgan fingerprint density at radius 2 is 1.91 bits per heavy atom. The number of amides is 2. The van der Waals surface area contributed by atoms with E-state index in [1.54, 1.807) is 4.90 Å². The second-order valence-corrected chi connectivity index (χ2v) is 9.99. The predicted molar refractivity (Wildman–Crippen MR) is 123 cm³/mol. The Morgan fingerprint density at radius 1 is 1.21 bits per heavy atom. The summed E-state index contributed by atoms with van der Waals surface area (Å²) >= 11 is 0. The highest BCUT2D eigenvalue weighted by Crippen LogP contribution is 2.53. The number of hydrogen-bond acceptors (Lipinski definition) is 5. The molecule has 5 rings (SSSR count). The number of nitrogens with one attached hydrogen (secondary N) is 1. The van der Waals surface area contributed by atoms with Gasteiger partial charge in [-0.1, -0.05) is 38.0 Å². The minimum absolute atomic E-state index is 0.128. The van der Waals surface area contributed by atoms with Gasteiger partial charge in [-0.2, -0.15) is 0 Å². The average molecular weight is 453 g/mol. The molecule has 1 aromatic carbocycles. The first-order valence-electron chi connectivity index (χ1n) is 12.1. The van der Waals surface area contributed by atoms with Crippen LogP contribution in [0.4, 0.5) is 5.69 Å². The van der Waals surface area contributed by atoms with Gasteiger partial charge in [0.25, 0.3) is 5.91 Å². The van der Waals surface area contributed by atoms with Crippen molar-refractivity contribution in [3.05, 3.63) is 41.5 Å². The van der Waals surface area contributed by atoms with Crippen molar-refractivity contribution >= 4 is 23.5 Å². The topological polar surface area (TPSA) is 84.9 Å². The number of nitrogens with zero attached hydrogens (tertiary/aromatic N) is 1. The van der Waals surface area contributed by atoms with E-state index in [-0.39, 0.29) is 17.9 Å². The third kappa shape index (κ3) is 3.76. The van der Waals surface area contributed by atoms with E-state index < -0.39 is 35.6 Å². The molecule has 33 heavy (non-hydrogen) atoms. The molecule has 7 nitrogen and oxygen atoms in total. The van der Waals surface area contributed by atoms with Crippen LogP contribution in [0, 0.1) is 25.7 Å². The summed E-state index contributed by atoms with van der Waals surface area (Å²) < 4.78 is 11.9. The lowest BCUT2D eigenvalue weighted by atomic mass is 9.77. The van der Waals surface area contributed by atoms with Gasteiger partial charge < -0.3 is 19.7 Å². The molecule has 3 heterocycles. The van der Waals surface area contributed by atoms with Gasteiger partial charge in [0.15, 0.2) is 6.10 Å². The molecule has 3 fully saturated rings. The fourth-order valence-electron chi connectivity index (χ4n) is 6.00. The molecule has 1 aliphatic carbocycles. The Morgan fingerprint density at radius 3 is 2.58 bits per heavy atom. The fourth-order valence-corrected chi connectivity index (χ4v) is 6.00. The molecule has 1 N–H and O–H groups in total. The number of hydrogen-bond donors (Lipinski definition) is 1. The number of esters is 1. The van der Waals surface area contributed by atoms with Crippen LogP contribution in [0.2, 0.25) is 0 Å². The summed E-state index contributed by atoms with van der Waals surface area (Å²) in [6.07, 6.45) is 6.97. The van der Waals surface area contributed by atoms with Gasteiger partial charge in [-0.25, -0.2) is 0 Å². The lowest BCUT2D eigenvalue weighted by molar-refractivity contribution is -0.162. The van der Waals surface area contributed by atoms with Crippen LogP contribution in [0.1, 0.15) is 50.2 Å². The predicted octanol–water partition coefficient (Wildman–Crippen LogP) is 2.97. The average Bonchev–Trinajstić information content (AvgIpc) is 3.53. The zero-order valence-electron chi connectivity index (χ0n) is 19.5. The van der Waals surface area contributed by atoms with Gasteiger partial charge in [-0.05, 0) is 56.4 Å². The number of ether oxygens (including phenoxy) is 2. The van der Waals surface area contributed by atoms with Crippen molar-refractivity contribution in [3.8, 4) is 0 Å². The Hall–Kier alpha value is -2.67. The van der Waals surface area contributed by atoms with E-state index in [0.717, 1.165) is 42.5 Å². The minimum Gasteiger partial charge on any atom is -0.452 e. The first kappa shape index (κ1) is 22.1. The second-order valence-electron chi connectivity index (χ2n) is 9.99. The molecule has 0 unspecified atom stereocenters. The minimum atomic E-state index is -0.857. The van der Waals surface area contributed by atoms with Crippen LogP contribution in [0.15, 0.2) is 30.4 Å². The lowest BCUT2D eigenvalue weighted by Gasteiger charge is -2.25. The summed E-state index contributed by atoms with van der Waals surface area (Å²) in [5.74, 6) is -2.29. The smallest absolute Gasteiger partial charge is 0.313 e. The maximum Gasteiger partial charge on any atom is 0.313 e. The van der Waals surface area contributed by atoms with Crippen LogP contribution in [-0.4, -0.2) is 48.2 Å². The first-order valence-corrected chi connectivity index (χ1v) is 12.1. The molecule has 1 aromatic rings. The van der Waals surface area contributed by atoms with Crippen molar-refractivity contribution in [1.82, 2.24) is 5.32 Å². The van der Waals surface area contributed by atoms with Gasteiger partial charge in [-0.15, -0.1) is 0 Å². The molecule has 5 atom stereocenters. The van der Waals surface area contributed by atoms with Gasteiger partial charge >= 0.3 is 5.97 Å². The standard InChI is InChI=1S/C26H32N2O5/c1-4-19(23(29)27-17-7-5-6-8-17)32-25(31)21-20-9-10-26(33-20)14-28(24(30)22(21)26)18-12-15(2)11-16(3)13-18/h9-13,17,19-22H,4-8,14H2,1-3H3,(H,27,29)/t19-,20+,21+,22-,26-/m0/s1. The van der Waals surface area contributed by atoms with Crippen LogP contribution in [0.5, 0.6) is 0 Å². The molecule has 4 aliphatic rings. The van der Waals surface area contributed by atoms with Crippen molar-refractivity contribution in [2.45, 2.75) is 76.7 Å². The van der Waals surface area contributed by atoms with Crippen molar-refractivity contribution in [2.24, 2.45) is 11.8 Å². The third-order valence-electron chi connectivity index (χ3n) is 7.51. The Labute approximate surface area is 194 Å². The molecule has 1 spiro atoms. The van der Waals surface area contributed by atoms with Crippen LogP contribution >= 0.6 is 0 Å². The SMILES string of the molecule is CC[C@H](OC(=O)[C@H]1[C@H]2C(=O)N(c3cc(C)cc(C)c3)C[C@@]23C=C[C@H]1O3)C(=O)NC1CCCC1. The van der Waals surface area contributed by atoms with E-state index in [4.69, 9.17) is 9.47 Å². The monoisotopic (exact) mass is 452 g/mol. The summed E-state index contributed by atoms with van der Waals surface area (Å²) in [6.45, 7) is 6.20. The van der Waals surface area contributed by atoms with Crippen molar-refractivity contribution in [3.63, 3.8) is 0 Å². The van der Waals surface area contributed by atoms with E-state index in [9.17, 15) is 14.4 Å². The van der Waals surface area contributed by atoms with Gasteiger partial charge in [-0.3, -0.25) is 14.4 Å². The van der Waals surface area contributed by atoms with Crippen molar-refractivity contribution in [1.29, 1.82) is 0 Å². The van der Waals surface area contributed by atoms with Crippen LogP contribution < -0.4 is 10.2 Å². The van der Waals surface area contributed by atoms with E-state index in [1.807, 2.05) is 45.1 Å². The number of carbonyl (C=O) groups excluding carboxylic acids is 3. The highest BCUT2D eigenvalue weighted by atomic mass is 16.6. The Balaban J connectivity index is 1.34. The van der Waals surface area contributed by atoms with E-state index >= 15 is 0 Å².